The number of nitrogens with zero attached hydrogens (tertiary/aromatic N) is 2. The van der Waals surface area contributed by atoms with Crippen molar-refractivity contribution >= 4 is 0 Å². The van der Waals surface area contributed by atoms with E-state index in [2.05, 4.69) is 34.0 Å². The minimum Gasteiger partial charge on any atom is -0.314 e. The molecule has 0 aromatic carbocycles. The van der Waals surface area contributed by atoms with Crippen LogP contribution in [0.15, 0.2) is 0 Å². The molecule has 1 aliphatic heterocycles. The van der Waals surface area contributed by atoms with Crippen molar-refractivity contribution in [2.75, 3.05) is 52.9 Å². The second-order valence-corrected chi connectivity index (χ2v) is 4.07. The molecule has 1 heterocycles. The fourth-order valence-electron chi connectivity index (χ4n) is 1.73. The first-order chi connectivity index (χ1) is 7.33. The van der Waals surface area contributed by atoms with Crippen LogP contribution in [0.1, 0.15) is 13.3 Å². The summed E-state index contributed by atoms with van der Waals surface area (Å²) < 4.78 is 0. The summed E-state index contributed by atoms with van der Waals surface area (Å²) in [6, 6.07) is 0. The van der Waals surface area contributed by atoms with Gasteiger partial charge in [0.25, 0.3) is 0 Å². The summed E-state index contributed by atoms with van der Waals surface area (Å²) in [4.78, 5) is 4.89. The highest BCUT2D eigenvalue weighted by atomic mass is 15.2. The van der Waals surface area contributed by atoms with Crippen LogP contribution in [0.4, 0.5) is 0 Å². The molecule has 0 radical (unpaired) electrons. The van der Waals surface area contributed by atoms with Gasteiger partial charge < -0.3 is 10.2 Å². The highest BCUT2D eigenvalue weighted by molar-refractivity contribution is 4.95. The zero-order valence-electron chi connectivity index (χ0n) is 10.1. The zero-order valence-corrected chi connectivity index (χ0v) is 10.1. The summed E-state index contributed by atoms with van der Waals surface area (Å²) in [7, 11) is 2.18. The smallest absolute Gasteiger partial charge is 0.0216 e. The van der Waals surface area contributed by atoms with Crippen molar-refractivity contribution in [1.82, 2.24) is 15.1 Å². The fourth-order valence-corrected chi connectivity index (χ4v) is 1.73. The first-order valence-electron chi connectivity index (χ1n) is 5.84. The molecule has 1 N–H and O–H groups in total. The molecular weight excluding hydrogens is 186 g/mol. The number of nitrogens with one attached hydrogen (secondary N) is 1. The molecule has 3 nitrogen and oxygen atoms in total. The quantitative estimate of drug-likeness (QED) is 0.654. The third kappa shape index (κ3) is 5.78. The van der Waals surface area contributed by atoms with Gasteiger partial charge in [0.1, 0.15) is 0 Å². The molecule has 0 amide bonds. The van der Waals surface area contributed by atoms with E-state index in [4.69, 9.17) is 0 Å². The van der Waals surface area contributed by atoms with E-state index in [9.17, 15) is 0 Å². The van der Waals surface area contributed by atoms with E-state index in [-0.39, 0.29) is 0 Å². The summed E-state index contributed by atoms with van der Waals surface area (Å²) >= 11 is 0. The Bertz CT molecular complexity index is 211. The molecule has 0 aromatic rings. The topological polar surface area (TPSA) is 18.5 Å². The Labute approximate surface area is 93.8 Å². The van der Waals surface area contributed by atoms with E-state index in [0.717, 1.165) is 32.6 Å². The molecule has 0 aliphatic carbocycles. The molecule has 0 spiro atoms. The normalized spacial score (nSPS) is 17.5. The van der Waals surface area contributed by atoms with E-state index in [1.807, 2.05) is 6.92 Å². The van der Waals surface area contributed by atoms with E-state index >= 15 is 0 Å². The van der Waals surface area contributed by atoms with Gasteiger partial charge in [0, 0.05) is 52.2 Å². The Morgan fingerprint density at radius 1 is 1.27 bits per heavy atom. The Morgan fingerprint density at radius 2 is 2.00 bits per heavy atom. The summed E-state index contributed by atoms with van der Waals surface area (Å²) in [5.74, 6) is 6.04. The molecule has 3 heteroatoms. The monoisotopic (exact) mass is 209 g/mol. The molecule has 0 saturated carbocycles. The molecule has 0 unspecified atom stereocenters. The van der Waals surface area contributed by atoms with Crippen molar-refractivity contribution in [2.24, 2.45) is 0 Å². The second kappa shape index (κ2) is 7.70. The lowest BCUT2D eigenvalue weighted by molar-refractivity contribution is 0.206. The van der Waals surface area contributed by atoms with E-state index in [0.29, 0.717) is 0 Å². The first-order valence-corrected chi connectivity index (χ1v) is 5.84. The van der Waals surface area contributed by atoms with E-state index < -0.39 is 0 Å². The van der Waals surface area contributed by atoms with Crippen LogP contribution in [0.2, 0.25) is 0 Å². The molecule has 1 rings (SSSR count). The van der Waals surface area contributed by atoms with Gasteiger partial charge in [-0.05, 0) is 14.0 Å². The average Bonchev–Trinajstić information content (AvgIpc) is 2.28. The Morgan fingerprint density at radius 3 is 2.67 bits per heavy atom. The number of rotatable bonds is 5. The van der Waals surface area contributed by atoms with Crippen LogP contribution in [0, 0.1) is 11.8 Å². The highest BCUT2D eigenvalue weighted by Gasteiger charge is 2.09. The predicted molar refractivity (Wildman–Crippen MR) is 64.9 cm³/mol. The van der Waals surface area contributed by atoms with Crippen LogP contribution in [-0.2, 0) is 0 Å². The maximum atomic E-state index is 3.37. The number of hydrogen-bond donors (Lipinski definition) is 1. The van der Waals surface area contributed by atoms with Crippen molar-refractivity contribution in [2.45, 2.75) is 13.3 Å². The molecular formula is C12H23N3. The van der Waals surface area contributed by atoms with Crippen molar-refractivity contribution < 1.29 is 0 Å². The molecule has 15 heavy (non-hydrogen) atoms. The zero-order chi connectivity index (χ0) is 10.9. The third-order valence-corrected chi connectivity index (χ3v) is 2.80. The molecule has 1 saturated heterocycles. The van der Waals surface area contributed by atoms with Crippen LogP contribution in [-0.4, -0.2) is 62.7 Å². The van der Waals surface area contributed by atoms with Gasteiger partial charge in [0.05, 0.1) is 0 Å². The lowest BCUT2D eigenvalue weighted by Gasteiger charge is -2.28. The number of piperazine rings is 1. The predicted octanol–water partition coefficient (Wildman–Crippen LogP) is 0.237. The first kappa shape index (κ1) is 12.5. The molecule has 0 atom stereocenters. The van der Waals surface area contributed by atoms with Crippen LogP contribution in [0.3, 0.4) is 0 Å². The maximum Gasteiger partial charge on any atom is 0.0216 e. The van der Waals surface area contributed by atoms with Crippen LogP contribution in [0.25, 0.3) is 0 Å². The van der Waals surface area contributed by atoms with Crippen LogP contribution in [0.5, 0.6) is 0 Å². The van der Waals surface area contributed by atoms with Gasteiger partial charge >= 0.3 is 0 Å². The van der Waals surface area contributed by atoms with Gasteiger partial charge in [-0.25, -0.2) is 0 Å². The average molecular weight is 209 g/mol. The maximum absolute atomic E-state index is 3.37. The van der Waals surface area contributed by atoms with Gasteiger partial charge in [-0.15, -0.1) is 11.8 Å². The Hall–Kier alpha value is -0.560. The van der Waals surface area contributed by atoms with E-state index in [1.165, 1.54) is 19.6 Å². The van der Waals surface area contributed by atoms with Gasteiger partial charge in [0.2, 0.25) is 0 Å². The summed E-state index contributed by atoms with van der Waals surface area (Å²) in [5.41, 5.74) is 0. The Balaban J connectivity index is 2.03. The molecule has 0 aromatic heterocycles. The van der Waals surface area contributed by atoms with E-state index in [1.54, 1.807) is 0 Å². The van der Waals surface area contributed by atoms with Crippen LogP contribution >= 0.6 is 0 Å². The van der Waals surface area contributed by atoms with Crippen molar-refractivity contribution in [1.29, 1.82) is 0 Å². The molecule has 1 aliphatic rings. The lowest BCUT2D eigenvalue weighted by Crippen LogP contribution is -2.46. The van der Waals surface area contributed by atoms with Crippen molar-refractivity contribution in [3.05, 3.63) is 0 Å². The lowest BCUT2D eigenvalue weighted by atomic mass is 10.3. The third-order valence-electron chi connectivity index (χ3n) is 2.80. The van der Waals surface area contributed by atoms with Gasteiger partial charge in [0.15, 0.2) is 0 Å². The Kier molecular flexibility index (Phi) is 6.42. The fraction of sp³-hybridized carbons (Fsp3) is 0.833. The largest absolute Gasteiger partial charge is 0.314 e. The summed E-state index contributed by atoms with van der Waals surface area (Å²) in [6.45, 7) is 10.0. The number of hydrogen-bond acceptors (Lipinski definition) is 3. The highest BCUT2D eigenvalue weighted by Crippen LogP contribution is 1.93. The SMILES string of the molecule is CC#CCCN(C)CCN1CCNCC1. The van der Waals surface area contributed by atoms with Crippen molar-refractivity contribution in [3.8, 4) is 11.8 Å². The molecule has 0 bridgehead atoms. The van der Waals surface area contributed by atoms with Gasteiger partial charge in [-0.3, -0.25) is 4.90 Å². The van der Waals surface area contributed by atoms with Gasteiger partial charge in [-0.2, -0.15) is 0 Å². The summed E-state index contributed by atoms with van der Waals surface area (Å²) in [6.07, 6.45) is 0.995. The number of likely N-dealkylation sites (N-methyl/N-ethyl adjacent to an activating group) is 1. The second-order valence-electron chi connectivity index (χ2n) is 4.07. The van der Waals surface area contributed by atoms with Crippen LogP contribution < -0.4 is 5.32 Å². The van der Waals surface area contributed by atoms with Gasteiger partial charge in [-0.1, -0.05) is 0 Å². The minimum atomic E-state index is 0.995. The van der Waals surface area contributed by atoms with Crippen molar-refractivity contribution in [3.63, 3.8) is 0 Å². The molecule has 86 valence electrons. The minimum absolute atomic E-state index is 0.995. The standard InChI is InChI=1S/C12H23N3/c1-3-4-5-8-14(2)11-12-15-9-6-13-7-10-15/h13H,5-12H2,1-2H3. The molecule has 1 fully saturated rings. The summed E-state index contributed by atoms with van der Waals surface area (Å²) in [5, 5.41) is 3.37.